The molecule has 3 N–H and O–H groups in total. The summed E-state index contributed by atoms with van der Waals surface area (Å²) < 4.78 is 4.78. The summed E-state index contributed by atoms with van der Waals surface area (Å²) in [4.78, 5) is 25.7. The van der Waals surface area contributed by atoms with Gasteiger partial charge in [-0.1, -0.05) is 27.7 Å². The van der Waals surface area contributed by atoms with E-state index in [4.69, 9.17) is 10.5 Å². The van der Waals surface area contributed by atoms with E-state index in [1.165, 1.54) is 7.11 Å². The van der Waals surface area contributed by atoms with Gasteiger partial charge in [-0.25, -0.2) is 0 Å². The number of nitrogens with two attached hydrogens (primary N) is 1. The fraction of sp³-hybridized carbons (Fsp3) is 0.867. The molecule has 0 radical (unpaired) electrons. The first kappa shape index (κ1) is 19.9. The monoisotopic (exact) mass is 301 g/mol. The maximum atomic E-state index is 12.4. The highest BCUT2D eigenvalue weighted by Gasteiger charge is 2.27. The number of nitrogens with one attached hydrogen (secondary N) is 1. The summed E-state index contributed by atoms with van der Waals surface area (Å²) in [7, 11) is 3.19. The average Bonchev–Trinajstić information content (AvgIpc) is 2.40. The molecule has 0 heterocycles. The van der Waals surface area contributed by atoms with Crippen molar-refractivity contribution < 1.29 is 14.3 Å². The molecule has 1 unspecified atom stereocenters. The van der Waals surface area contributed by atoms with E-state index in [0.29, 0.717) is 12.5 Å². The van der Waals surface area contributed by atoms with E-state index in [1.807, 2.05) is 13.8 Å². The lowest BCUT2D eigenvalue weighted by molar-refractivity contribution is -0.137. The largest absolute Gasteiger partial charge is 0.375 e. The van der Waals surface area contributed by atoms with Gasteiger partial charge in [0.1, 0.15) is 12.6 Å². The van der Waals surface area contributed by atoms with Crippen molar-refractivity contribution in [3.05, 3.63) is 0 Å². The van der Waals surface area contributed by atoms with Crippen LogP contribution in [0.25, 0.3) is 0 Å². The van der Waals surface area contributed by atoms with Crippen LogP contribution in [0.3, 0.4) is 0 Å². The van der Waals surface area contributed by atoms with Crippen molar-refractivity contribution in [2.45, 2.75) is 46.2 Å². The summed E-state index contributed by atoms with van der Waals surface area (Å²) in [5.41, 5.74) is 6.00. The summed E-state index contributed by atoms with van der Waals surface area (Å²) in [6.45, 7) is 8.48. The highest BCUT2D eigenvalue weighted by molar-refractivity contribution is 5.88. The third-order valence-electron chi connectivity index (χ3n) is 3.56. The van der Waals surface area contributed by atoms with Gasteiger partial charge in [0.2, 0.25) is 11.8 Å². The van der Waals surface area contributed by atoms with E-state index >= 15 is 0 Å². The highest BCUT2D eigenvalue weighted by atomic mass is 16.5. The lowest BCUT2D eigenvalue weighted by atomic mass is 10.0. The number of amides is 2. The van der Waals surface area contributed by atoms with Crippen molar-refractivity contribution >= 4 is 11.8 Å². The molecule has 6 nitrogen and oxygen atoms in total. The zero-order chi connectivity index (χ0) is 16.6. The Morgan fingerprint density at radius 1 is 1.19 bits per heavy atom. The maximum absolute atomic E-state index is 12.4. The van der Waals surface area contributed by atoms with Gasteiger partial charge in [-0.3, -0.25) is 9.59 Å². The number of hydrogen-bond donors (Lipinski definition) is 2. The van der Waals surface area contributed by atoms with Crippen LogP contribution in [0.1, 0.15) is 34.1 Å². The molecule has 0 spiro atoms. The number of ether oxygens (including phenoxy) is 1. The molecular weight excluding hydrogens is 270 g/mol. The second kappa shape index (κ2) is 9.73. The number of carbonyl (C=O) groups is 2. The Morgan fingerprint density at radius 3 is 2.19 bits per heavy atom. The Hall–Kier alpha value is -1.14. The van der Waals surface area contributed by atoms with E-state index in [-0.39, 0.29) is 30.4 Å². The predicted octanol–water partition coefficient (Wildman–Crippen LogP) is 0.605. The van der Waals surface area contributed by atoms with E-state index < -0.39 is 6.04 Å². The molecule has 21 heavy (non-hydrogen) atoms. The van der Waals surface area contributed by atoms with Crippen molar-refractivity contribution in [1.82, 2.24) is 10.2 Å². The highest BCUT2D eigenvalue weighted by Crippen LogP contribution is 2.08. The van der Waals surface area contributed by atoms with E-state index in [2.05, 4.69) is 19.2 Å². The Bertz CT molecular complexity index is 332. The van der Waals surface area contributed by atoms with Crippen LogP contribution in [-0.2, 0) is 14.3 Å². The Kier molecular flexibility index (Phi) is 9.21. The number of nitrogens with zero attached hydrogens (tertiary/aromatic N) is 1. The number of carbonyl (C=O) groups excluding carboxylic acids is 2. The normalized spacial score (nSPS) is 14.1. The number of likely N-dealkylation sites (N-methyl/N-ethyl adjacent to an activating group) is 1. The molecule has 0 aliphatic rings. The van der Waals surface area contributed by atoms with Crippen molar-refractivity contribution in [3.63, 3.8) is 0 Å². The quantitative estimate of drug-likeness (QED) is 0.653. The van der Waals surface area contributed by atoms with Gasteiger partial charge in [0.15, 0.2) is 0 Å². The molecule has 0 aromatic rings. The lowest BCUT2D eigenvalue weighted by Gasteiger charge is -2.28. The topological polar surface area (TPSA) is 84.7 Å². The molecule has 0 saturated heterocycles. The molecule has 0 aliphatic carbocycles. The van der Waals surface area contributed by atoms with Gasteiger partial charge < -0.3 is 20.7 Å². The first-order valence-electron chi connectivity index (χ1n) is 7.49. The van der Waals surface area contributed by atoms with Gasteiger partial charge in [-0.15, -0.1) is 0 Å². The van der Waals surface area contributed by atoms with Crippen molar-refractivity contribution in [1.29, 1.82) is 0 Å². The van der Waals surface area contributed by atoms with Crippen molar-refractivity contribution in [2.24, 2.45) is 17.6 Å². The Morgan fingerprint density at radius 2 is 1.76 bits per heavy atom. The summed E-state index contributed by atoms with van der Waals surface area (Å²) >= 11 is 0. The minimum atomic E-state index is -0.534. The average molecular weight is 301 g/mol. The molecule has 2 atom stereocenters. The van der Waals surface area contributed by atoms with E-state index in [0.717, 1.165) is 6.42 Å². The second-order valence-corrected chi connectivity index (χ2v) is 6.18. The van der Waals surface area contributed by atoms with Gasteiger partial charge in [0, 0.05) is 26.7 Å². The van der Waals surface area contributed by atoms with Gasteiger partial charge >= 0.3 is 0 Å². The fourth-order valence-corrected chi connectivity index (χ4v) is 1.88. The molecule has 0 rings (SSSR count). The summed E-state index contributed by atoms with van der Waals surface area (Å²) in [5, 5.41) is 2.72. The van der Waals surface area contributed by atoms with Crippen LogP contribution in [0.15, 0.2) is 0 Å². The minimum absolute atomic E-state index is 0.0135. The van der Waals surface area contributed by atoms with Crippen molar-refractivity contribution in [2.75, 3.05) is 27.3 Å². The van der Waals surface area contributed by atoms with Crippen LogP contribution in [-0.4, -0.2) is 56.1 Å². The zero-order valence-corrected chi connectivity index (χ0v) is 14.2. The van der Waals surface area contributed by atoms with Crippen LogP contribution in [0.2, 0.25) is 0 Å². The Labute approximate surface area is 128 Å². The van der Waals surface area contributed by atoms with Crippen LogP contribution in [0.4, 0.5) is 0 Å². The first-order valence-corrected chi connectivity index (χ1v) is 7.49. The number of rotatable bonds is 9. The molecule has 0 saturated carbocycles. The molecule has 0 aromatic heterocycles. The molecule has 6 heteroatoms. The maximum Gasteiger partial charge on any atom is 0.246 e. The van der Waals surface area contributed by atoms with Crippen LogP contribution >= 0.6 is 0 Å². The summed E-state index contributed by atoms with van der Waals surface area (Å²) in [6.07, 6.45) is 0.747. The fourth-order valence-electron chi connectivity index (χ4n) is 1.88. The molecule has 2 amide bonds. The molecule has 0 aliphatic heterocycles. The number of hydrogen-bond acceptors (Lipinski definition) is 4. The third kappa shape index (κ3) is 7.43. The van der Waals surface area contributed by atoms with Gasteiger partial charge in [0.25, 0.3) is 0 Å². The SMILES string of the molecule is COCC(=O)N[C@H](C(=O)N(C)CCC(N)C(C)C)C(C)C. The van der Waals surface area contributed by atoms with Crippen molar-refractivity contribution in [3.8, 4) is 0 Å². The molecule has 124 valence electrons. The van der Waals surface area contributed by atoms with E-state index in [9.17, 15) is 9.59 Å². The first-order chi connectivity index (χ1) is 9.70. The lowest BCUT2D eigenvalue weighted by Crippen LogP contribution is -2.51. The third-order valence-corrected chi connectivity index (χ3v) is 3.56. The molecule has 0 fully saturated rings. The Balaban J connectivity index is 4.55. The molecular formula is C15H31N3O3. The van der Waals surface area contributed by atoms with Gasteiger partial charge in [-0.05, 0) is 18.3 Å². The molecule has 0 bridgehead atoms. The minimum Gasteiger partial charge on any atom is -0.375 e. The number of methoxy groups -OCH3 is 1. The van der Waals surface area contributed by atoms with E-state index in [1.54, 1.807) is 11.9 Å². The smallest absolute Gasteiger partial charge is 0.246 e. The van der Waals surface area contributed by atoms with Crippen LogP contribution in [0, 0.1) is 11.8 Å². The summed E-state index contributed by atoms with van der Waals surface area (Å²) in [5.74, 6) is 0.0255. The standard InChI is InChI=1S/C15H31N3O3/c1-10(2)12(16)7-8-18(5)15(20)14(11(3)4)17-13(19)9-21-6/h10-12,14H,7-9,16H2,1-6H3,(H,17,19)/t12?,14-/m0/s1. The van der Waals surface area contributed by atoms with Crippen LogP contribution < -0.4 is 11.1 Å². The van der Waals surface area contributed by atoms with Gasteiger partial charge in [0.05, 0.1) is 0 Å². The second-order valence-electron chi connectivity index (χ2n) is 6.18. The molecule has 0 aromatic carbocycles. The zero-order valence-electron chi connectivity index (χ0n) is 14.2. The van der Waals surface area contributed by atoms with Crippen LogP contribution in [0.5, 0.6) is 0 Å². The predicted molar refractivity (Wildman–Crippen MR) is 83.7 cm³/mol. The van der Waals surface area contributed by atoms with Gasteiger partial charge in [-0.2, -0.15) is 0 Å². The summed E-state index contributed by atoms with van der Waals surface area (Å²) in [6, 6.07) is -0.464.